The molecule has 182 valence electrons. The van der Waals surface area contributed by atoms with Crippen LogP contribution >= 0.6 is 0 Å². The number of Topliss-reactive ketones (excluding diaryl/α,β-unsaturated/α-hetero) is 1. The third kappa shape index (κ3) is 4.43. The number of benzene rings is 3. The Morgan fingerprint density at radius 1 is 1.08 bits per heavy atom. The molecular weight excluding hydrogens is 458 g/mol. The van der Waals surface area contributed by atoms with Gasteiger partial charge in [-0.15, -0.1) is 0 Å². The minimum Gasteiger partial charge on any atom is -0.497 e. The molecule has 0 aliphatic carbocycles. The van der Waals surface area contributed by atoms with Gasteiger partial charge in [0.05, 0.1) is 12.7 Å². The van der Waals surface area contributed by atoms with E-state index in [1.165, 1.54) is 0 Å². The molecule has 3 aromatic carbocycles. The summed E-state index contributed by atoms with van der Waals surface area (Å²) in [5.41, 5.74) is 3.85. The van der Waals surface area contributed by atoms with Gasteiger partial charge >= 0.3 is 5.97 Å². The smallest absolute Gasteiger partial charge is 0.344 e. The van der Waals surface area contributed by atoms with Crippen LogP contribution in [0.2, 0.25) is 0 Å². The number of nitrogens with zero attached hydrogens (tertiary/aromatic N) is 1. The molecule has 0 unspecified atom stereocenters. The quantitative estimate of drug-likeness (QED) is 0.265. The van der Waals surface area contributed by atoms with Gasteiger partial charge in [0.2, 0.25) is 5.78 Å². The summed E-state index contributed by atoms with van der Waals surface area (Å²) in [5.74, 6) is 1.15. The Hall–Kier alpha value is -4.52. The van der Waals surface area contributed by atoms with E-state index in [0.29, 0.717) is 22.6 Å². The van der Waals surface area contributed by atoms with Gasteiger partial charge in [-0.25, -0.2) is 4.79 Å². The van der Waals surface area contributed by atoms with Gasteiger partial charge in [0.1, 0.15) is 23.9 Å². The molecule has 0 bridgehead atoms. The lowest BCUT2D eigenvalue weighted by Gasteiger charge is -2.11. The van der Waals surface area contributed by atoms with Crippen LogP contribution in [0.1, 0.15) is 27.0 Å². The molecule has 7 nitrogen and oxygen atoms in total. The lowest BCUT2D eigenvalue weighted by atomic mass is 10.1. The molecule has 0 spiro atoms. The van der Waals surface area contributed by atoms with Gasteiger partial charge in [-0.1, -0.05) is 30.3 Å². The lowest BCUT2D eigenvalue weighted by molar-refractivity contribution is -0.147. The maximum Gasteiger partial charge on any atom is 0.344 e. The van der Waals surface area contributed by atoms with Gasteiger partial charge < -0.3 is 23.5 Å². The zero-order valence-electron chi connectivity index (χ0n) is 20.2. The third-order valence-electron chi connectivity index (χ3n) is 6.14. The SMILES string of the molecule is COc1ccc2c(c1)c(/C=C1/Oc3c(ccc(OCC(=O)OCc4ccccc4)c3C)C1=O)cn2C. The molecule has 36 heavy (non-hydrogen) atoms. The van der Waals surface area contributed by atoms with Crippen molar-refractivity contribution in [3.8, 4) is 17.2 Å². The zero-order valence-corrected chi connectivity index (χ0v) is 20.2. The molecule has 0 amide bonds. The molecule has 1 aliphatic rings. The number of carbonyl (C=O) groups is 2. The van der Waals surface area contributed by atoms with Crippen LogP contribution in [0.25, 0.3) is 17.0 Å². The molecule has 0 atom stereocenters. The molecule has 7 heteroatoms. The van der Waals surface area contributed by atoms with Crippen molar-refractivity contribution in [2.24, 2.45) is 7.05 Å². The molecule has 1 aliphatic heterocycles. The second-order valence-electron chi connectivity index (χ2n) is 8.52. The van der Waals surface area contributed by atoms with Gasteiger partial charge in [0.25, 0.3) is 0 Å². The average Bonchev–Trinajstić information content (AvgIpc) is 3.39. The number of aromatic nitrogens is 1. The standard InChI is InChI=1S/C29H25NO6/c1-18-25(34-17-27(31)35-16-19-7-5-4-6-8-19)12-10-22-28(32)26(36-29(18)22)13-20-15-30(2)24-11-9-21(33-3)14-23(20)24/h4-15H,16-17H2,1-3H3/b26-13+. The minimum absolute atomic E-state index is 0.179. The van der Waals surface area contributed by atoms with Crippen LogP contribution in [-0.2, 0) is 23.2 Å². The van der Waals surface area contributed by atoms with Crippen LogP contribution in [0, 0.1) is 6.92 Å². The number of ketones is 1. The van der Waals surface area contributed by atoms with E-state index in [0.717, 1.165) is 27.8 Å². The normalized spacial score (nSPS) is 13.5. The number of hydrogen-bond acceptors (Lipinski definition) is 6. The van der Waals surface area contributed by atoms with Crippen LogP contribution in [-0.4, -0.2) is 30.0 Å². The van der Waals surface area contributed by atoms with Crippen molar-refractivity contribution in [2.45, 2.75) is 13.5 Å². The zero-order chi connectivity index (χ0) is 25.2. The first kappa shape index (κ1) is 23.2. The van der Waals surface area contributed by atoms with Crippen LogP contribution in [0.15, 0.2) is 72.6 Å². The molecule has 0 saturated carbocycles. The highest BCUT2D eigenvalue weighted by molar-refractivity contribution is 6.15. The Balaban J connectivity index is 1.32. The molecule has 2 heterocycles. The maximum atomic E-state index is 13.1. The van der Waals surface area contributed by atoms with Crippen LogP contribution in [0.4, 0.5) is 0 Å². The second kappa shape index (κ2) is 9.62. The Labute approximate surface area is 208 Å². The summed E-state index contributed by atoms with van der Waals surface area (Å²) in [6.45, 7) is 1.72. The fraction of sp³-hybridized carbons (Fsp3) is 0.172. The Bertz CT molecular complexity index is 1500. The van der Waals surface area contributed by atoms with Crippen molar-refractivity contribution >= 4 is 28.7 Å². The van der Waals surface area contributed by atoms with Gasteiger partial charge in [0.15, 0.2) is 12.4 Å². The predicted molar refractivity (Wildman–Crippen MR) is 135 cm³/mol. The van der Waals surface area contributed by atoms with E-state index >= 15 is 0 Å². The molecular formula is C29H25NO6. The molecule has 0 saturated heterocycles. The Morgan fingerprint density at radius 2 is 1.89 bits per heavy atom. The van der Waals surface area contributed by atoms with Crippen LogP contribution in [0.5, 0.6) is 17.2 Å². The second-order valence-corrected chi connectivity index (χ2v) is 8.52. The molecule has 0 N–H and O–H groups in total. The number of hydrogen-bond donors (Lipinski definition) is 0. The van der Waals surface area contributed by atoms with E-state index < -0.39 is 5.97 Å². The van der Waals surface area contributed by atoms with Gasteiger partial charge in [-0.3, -0.25) is 4.79 Å². The Kier molecular flexibility index (Phi) is 6.21. The summed E-state index contributed by atoms with van der Waals surface area (Å²) in [7, 11) is 3.56. The van der Waals surface area contributed by atoms with Crippen LogP contribution in [0.3, 0.4) is 0 Å². The molecule has 5 rings (SSSR count). The number of esters is 1. The summed E-state index contributed by atoms with van der Waals surface area (Å²) < 4.78 is 24.3. The number of aryl methyl sites for hydroxylation is 1. The van der Waals surface area contributed by atoms with E-state index in [9.17, 15) is 9.59 Å². The fourth-order valence-electron chi connectivity index (χ4n) is 4.23. The first-order chi connectivity index (χ1) is 17.4. The molecule has 4 aromatic rings. The number of allylic oxidation sites excluding steroid dienone is 1. The highest BCUT2D eigenvalue weighted by Crippen LogP contribution is 2.40. The van der Waals surface area contributed by atoms with Gasteiger partial charge in [-0.05, 0) is 48.9 Å². The topological polar surface area (TPSA) is 76.0 Å². The van der Waals surface area contributed by atoms with E-state index in [4.69, 9.17) is 18.9 Å². The van der Waals surface area contributed by atoms with Crippen molar-refractivity contribution in [1.82, 2.24) is 4.57 Å². The lowest BCUT2D eigenvalue weighted by Crippen LogP contribution is -2.15. The van der Waals surface area contributed by atoms with E-state index in [1.807, 2.05) is 66.3 Å². The number of rotatable bonds is 7. The van der Waals surface area contributed by atoms with Crippen molar-refractivity contribution in [3.63, 3.8) is 0 Å². The fourth-order valence-corrected chi connectivity index (χ4v) is 4.23. The third-order valence-corrected chi connectivity index (χ3v) is 6.14. The molecule has 0 radical (unpaired) electrons. The first-order valence-electron chi connectivity index (χ1n) is 11.5. The monoisotopic (exact) mass is 483 g/mol. The molecule has 0 fully saturated rings. The Morgan fingerprint density at radius 3 is 2.67 bits per heavy atom. The number of ether oxygens (including phenoxy) is 4. The van der Waals surface area contributed by atoms with Gasteiger partial charge in [-0.2, -0.15) is 0 Å². The van der Waals surface area contributed by atoms with Crippen LogP contribution < -0.4 is 14.2 Å². The molecule has 1 aromatic heterocycles. The average molecular weight is 484 g/mol. The highest BCUT2D eigenvalue weighted by Gasteiger charge is 2.30. The highest BCUT2D eigenvalue weighted by atomic mass is 16.6. The predicted octanol–water partition coefficient (Wildman–Crippen LogP) is 5.23. The first-order valence-corrected chi connectivity index (χ1v) is 11.5. The summed E-state index contributed by atoms with van der Waals surface area (Å²) in [6.07, 6.45) is 3.68. The minimum atomic E-state index is -0.484. The van der Waals surface area contributed by atoms with Gasteiger partial charge in [0, 0.05) is 35.3 Å². The summed E-state index contributed by atoms with van der Waals surface area (Å²) in [6, 6.07) is 18.6. The summed E-state index contributed by atoms with van der Waals surface area (Å²) in [5, 5.41) is 0.950. The van der Waals surface area contributed by atoms with Crippen molar-refractivity contribution in [1.29, 1.82) is 0 Å². The number of methoxy groups -OCH3 is 1. The van der Waals surface area contributed by atoms with E-state index in [1.54, 1.807) is 32.2 Å². The number of fused-ring (bicyclic) bond motifs is 2. The number of carbonyl (C=O) groups excluding carboxylic acids is 2. The summed E-state index contributed by atoms with van der Waals surface area (Å²) >= 11 is 0. The van der Waals surface area contributed by atoms with Crippen molar-refractivity contribution in [2.75, 3.05) is 13.7 Å². The summed E-state index contributed by atoms with van der Waals surface area (Å²) in [4.78, 5) is 25.2. The largest absolute Gasteiger partial charge is 0.497 e. The maximum absolute atomic E-state index is 13.1. The van der Waals surface area contributed by atoms with E-state index in [2.05, 4.69) is 0 Å². The van der Waals surface area contributed by atoms with Crippen molar-refractivity contribution < 1.29 is 28.5 Å². The van der Waals surface area contributed by atoms with E-state index in [-0.39, 0.29) is 24.8 Å². The van der Waals surface area contributed by atoms with Crippen molar-refractivity contribution in [3.05, 3.63) is 94.9 Å².